The Bertz CT molecular complexity index is 1420. The first-order valence-electron chi connectivity index (χ1n) is 16.5. The van der Waals surface area contributed by atoms with Crippen LogP contribution >= 0.6 is 0 Å². The fourth-order valence-corrected chi connectivity index (χ4v) is 6.59. The van der Waals surface area contributed by atoms with Crippen LogP contribution in [-0.4, -0.2) is 56.3 Å². The number of nitrogens with zero attached hydrogens (tertiary/aromatic N) is 1. The Morgan fingerprint density at radius 1 is 0.766 bits per heavy atom. The highest BCUT2D eigenvalue weighted by atomic mass is 28.4. The summed E-state index contributed by atoms with van der Waals surface area (Å²) in [5, 5.41) is 3.12. The molecule has 4 rings (SSSR count). The third-order valence-electron chi connectivity index (χ3n) is 9.04. The van der Waals surface area contributed by atoms with Crippen LogP contribution in [0.2, 0.25) is 18.1 Å². The third kappa shape index (κ3) is 9.92. The van der Waals surface area contributed by atoms with Crippen LogP contribution in [0.4, 0.5) is 9.59 Å². The predicted octanol–water partition coefficient (Wildman–Crippen LogP) is 8.50. The van der Waals surface area contributed by atoms with Crippen molar-refractivity contribution >= 4 is 20.5 Å². The van der Waals surface area contributed by atoms with Gasteiger partial charge in [0.15, 0.2) is 8.32 Å². The number of rotatable bonds is 11. The molecule has 47 heavy (non-hydrogen) atoms. The SMILES string of the molecule is CC(C)(C)OC(=O)NC1C(COCc2ccccc2)C(CO[Si](C)(C)C(C)(C)C)N(C(=O)OCc2ccccc2)C1c1ccccc1. The number of hydrogen-bond acceptors (Lipinski definition) is 6. The molecule has 0 saturated carbocycles. The van der Waals surface area contributed by atoms with E-state index in [2.05, 4.69) is 39.2 Å². The second-order valence-electron chi connectivity index (χ2n) is 14.8. The average molecular weight is 661 g/mol. The molecular formula is C38H52N2O6Si. The summed E-state index contributed by atoms with van der Waals surface area (Å²) in [5.41, 5.74) is 2.09. The van der Waals surface area contributed by atoms with Gasteiger partial charge < -0.3 is 24.0 Å². The highest BCUT2D eigenvalue weighted by Crippen LogP contribution is 2.43. The summed E-state index contributed by atoms with van der Waals surface area (Å²) in [5.74, 6) is -0.342. The minimum absolute atomic E-state index is 0.0451. The predicted molar refractivity (Wildman–Crippen MR) is 187 cm³/mol. The van der Waals surface area contributed by atoms with Gasteiger partial charge in [0, 0.05) is 5.92 Å². The molecule has 0 aliphatic carbocycles. The summed E-state index contributed by atoms with van der Waals surface area (Å²) < 4.78 is 25.0. The lowest BCUT2D eigenvalue weighted by molar-refractivity contribution is 0.0355. The van der Waals surface area contributed by atoms with Crippen molar-refractivity contribution in [2.75, 3.05) is 13.2 Å². The summed E-state index contributed by atoms with van der Waals surface area (Å²) in [6.45, 7) is 17.5. The van der Waals surface area contributed by atoms with Crippen LogP contribution in [0.1, 0.15) is 64.3 Å². The van der Waals surface area contributed by atoms with E-state index in [0.29, 0.717) is 6.61 Å². The Morgan fingerprint density at radius 3 is 1.83 bits per heavy atom. The lowest BCUT2D eigenvalue weighted by Crippen LogP contribution is -2.48. The quantitative estimate of drug-likeness (QED) is 0.208. The summed E-state index contributed by atoms with van der Waals surface area (Å²) >= 11 is 0. The Kier molecular flexibility index (Phi) is 11.9. The summed E-state index contributed by atoms with van der Waals surface area (Å²) in [6, 6.07) is 27.8. The van der Waals surface area contributed by atoms with Crippen molar-refractivity contribution in [3.05, 3.63) is 108 Å². The number of carbonyl (C=O) groups is 2. The van der Waals surface area contributed by atoms with Crippen molar-refractivity contribution in [2.45, 2.75) is 96.6 Å². The molecule has 254 valence electrons. The van der Waals surface area contributed by atoms with Crippen LogP contribution in [0.5, 0.6) is 0 Å². The first kappa shape index (κ1) is 36.2. The monoisotopic (exact) mass is 660 g/mol. The zero-order chi connectivity index (χ0) is 34.2. The van der Waals surface area contributed by atoms with Gasteiger partial charge in [-0.25, -0.2) is 9.59 Å². The minimum atomic E-state index is -2.24. The molecule has 3 aromatic rings. The van der Waals surface area contributed by atoms with Crippen LogP contribution in [0.15, 0.2) is 91.0 Å². The molecule has 0 spiro atoms. The molecule has 1 saturated heterocycles. The molecule has 1 N–H and O–H groups in total. The van der Waals surface area contributed by atoms with E-state index in [1.54, 1.807) is 4.90 Å². The Hall–Kier alpha value is -3.66. The van der Waals surface area contributed by atoms with Crippen LogP contribution < -0.4 is 5.32 Å². The topological polar surface area (TPSA) is 86.3 Å². The van der Waals surface area contributed by atoms with E-state index in [-0.39, 0.29) is 30.8 Å². The zero-order valence-electron chi connectivity index (χ0n) is 29.2. The number of benzene rings is 3. The normalized spacial score (nSPS) is 20.1. The van der Waals surface area contributed by atoms with Crippen molar-refractivity contribution < 1.29 is 28.2 Å². The molecule has 4 unspecified atom stereocenters. The number of alkyl carbamates (subject to hydrolysis) is 1. The Labute approximate surface area is 281 Å². The van der Waals surface area contributed by atoms with E-state index in [1.807, 2.05) is 112 Å². The smallest absolute Gasteiger partial charge is 0.411 e. The molecule has 9 heteroatoms. The molecule has 1 fully saturated rings. The van der Waals surface area contributed by atoms with E-state index in [4.69, 9.17) is 18.6 Å². The van der Waals surface area contributed by atoms with Gasteiger partial charge in [0.05, 0.1) is 37.9 Å². The van der Waals surface area contributed by atoms with Crippen LogP contribution in [0, 0.1) is 5.92 Å². The fourth-order valence-electron chi connectivity index (χ4n) is 5.57. The van der Waals surface area contributed by atoms with E-state index in [0.717, 1.165) is 16.7 Å². The number of hydrogen-bond donors (Lipinski definition) is 1. The van der Waals surface area contributed by atoms with E-state index in [9.17, 15) is 9.59 Å². The first-order chi connectivity index (χ1) is 22.2. The van der Waals surface area contributed by atoms with Crippen molar-refractivity contribution in [1.82, 2.24) is 10.2 Å². The molecular weight excluding hydrogens is 609 g/mol. The summed E-state index contributed by atoms with van der Waals surface area (Å²) in [6.07, 6.45) is -1.03. The molecule has 3 aromatic carbocycles. The van der Waals surface area contributed by atoms with Gasteiger partial charge in [-0.1, -0.05) is 112 Å². The molecule has 2 amide bonds. The lowest BCUT2D eigenvalue weighted by Gasteiger charge is -2.39. The van der Waals surface area contributed by atoms with Crippen molar-refractivity contribution in [3.8, 4) is 0 Å². The van der Waals surface area contributed by atoms with Crippen LogP contribution in [0.25, 0.3) is 0 Å². The lowest BCUT2D eigenvalue weighted by atomic mass is 9.91. The molecule has 0 radical (unpaired) electrons. The molecule has 8 nitrogen and oxygen atoms in total. The van der Waals surface area contributed by atoms with E-state index < -0.39 is 44.2 Å². The van der Waals surface area contributed by atoms with Gasteiger partial charge in [0.1, 0.15) is 12.2 Å². The second kappa shape index (κ2) is 15.5. The number of amides is 2. The van der Waals surface area contributed by atoms with Crippen LogP contribution in [-0.2, 0) is 31.9 Å². The first-order valence-corrected chi connectivity index (χ1v) is 19.4. The number of likely N-dealkylation sites (tertiary alicyclic amines) is 1. The summed E-state index contributed by atoms with van der Waals surface area (Å²) in [4.78, 5) is 29.5. The standard InChI is InChI=1S/C38H52N2O6Si/c1-37(2,3)46-35(41)39-33-31(26-43-24-28-18-12-9-13-19-28)32(27-45-47(7,8)38(4,5)6)40(34(33)30-22-16-11-17-23-30)36(42)44-25-29-20-14-10-15-21-29/h9-23,31-34H,24-27H2,1-8H3,(H,39,41). The number of ether oxygens (including phenoxy) is 3. The molecule has 1 aliphatic heterocycles. The number of carbonyl (C=O) groups excluding carboxylic acids is 2. The van der Waals surface area contributed by atoms with Gasteiger partial charge in [-0.2, -0.15) is 0 Å². The number of nitrogens with one attached hydrogen (secondary N) is 1. The largest absolute Gasteiger partial charge is 0.445 e. The average Bonchev–Trinajstić information content (AvgIpc) is 3.31. The van der Waals surface area contributed by atoms with Gasteiger partial charge in [0.25, 0.3) is 0 Å². The highest BCUT2D eigenvalue weighted by Gasteiger charge is 2.54. The van der Waals surface area contributed by atoms with E-state index in [1.165, 1.54) is 0 Å². The van der Waals surface area contributed by atoms with Crippen molar-refractivity contribution in [2.24, 2.45) is 5.92 Å². The van der Waals surface area contributed by atoms with Gasteiger partial charge in [-0.3, -0.25) is 4.90 Å². The van der Waals surface area contributed by atoms with Gasteiger partial charge >= 0.3 is 12.2 Å². The molecule has 1 aliphatic rings. The fraction of sp³-hybridized carbons (Fsp3) is 0.474. The maximum Gasteiger partial charge on any atom is 0.411 e. The van der Waals surface area contributed by atoms with Crippen molar-refractivity contribution in [1.29, 1.82) is 0 Å². The molecule has 0 bridgehead atoms. The molecule has 1 heterocycles. The molecule has 4 atom stereocenters. The summed E-state index contributed by atoms with van der Waals surface area (Å²) in [7, 11) is -2.24. The maximum atomic E-state index is 14.3. The minimum Gasteiger partial charge on any atom is -0.445 e. The van der Waals surface area contributed by atoms with Gasteiger partial charge in [-0.15, -0.1) is 0 Å². The highest BCUT2D eigenvalue weighted by molar-refractivity contribution is 6.74. The Balaban J connectivity index is 1.76. The zero-order valence-corrected chi connectivity index (χ0v) is 30.2. The van der Waals surface area contributed by atoms with Gasteiger partial charge in [-0.05, 0) is 55.6 Å². The van der Waals surface area contributed by atoms with Crippen LogP contribution in [0.3, 0.4) is 0 Å². The maximum absolute atomic E-state index is 14.3. The van der Waals surface area contributed by atoms with Gasteiger partial charge in [0.2, 0.25) is 0 Å². The second-order valence-corrected chi connectivity index (χ2v) is 19.6. The van der Waals surface area contributed by atoms with Crippen molar-refractivity contribution in [3.63, 3.8) is 0 Å². The third-order valence-corrected chi connectivity index (χ3v) is 13.5. The Morgan fingerprint density at radius 2 is 1.30 bits per heavy atom. The molecule has 0 aromatic heterocycles. The van der Waals surface area contributed by atoms with E-state index >= 15 is 0 Å².